The van der Waals surface area contributed by atoms with Gasteiger partial charge in [0.1, 0.15) is 18.5 Å². The van der Waals surface area contributed by atoms with Gasteiger partial charge >= 0.3 is 23.9 Å². The molecule has 0 N–H and O–H groups in total. The van der Waals surface area contributed by atoms with Crippen LogP contribution in [0.2, 0.25) is 0 Å². The summed E-state index contributed by atoms with van der Waals surface area (Å²) in [5, 5.41) is 0. The van der Waals surface area contributed by atoms with E-state index in [0.717, 1.165) is 27.7 Å². The average Bonchev–Trinajstić information content (AvgIpc) is 2.79. The van der Waals surface area contributed by atoms with E-state index in [0.29, 0.717) is 5.56 Å². The number of benzene rings is 1. The summed E-state index contributed by atoms with van der Waals surface area (Å²) in [7, 11) is 0. The first-order chi connectivity index (χ1) is 17.8. The van der Waals surface area contributed by atoms with E-state index in [4.69, 9.17) is 28.4 Å². The molecule has 38 heavy (non-hydrogen) atoms. The molecule has 1 heterocycles. The monoisotopic (exact) mass is 534 g/mol. The molecule has 0 saturated carbocycles. The van der Waals surface area contributed by atoms with Gasteiger partial charge in [-0.1, -0.05) is 12.1 Å². The van der Waals surface area contributed by atoms with Crippen molar-refractivity contribution in [2.24, 2.45) is 0 Å². The van der Waals surface area contributed by atoms with E-state index in [1.54, 1.807) is 12.1 Å². The van der Waals surface area contributed by atoms with E-state index in [-0.39, 0.29) is 11.3 Å². The molecule has 1 aliphatic rings. The highest BCUT2D eigenvalue weighted by Gasteiger charge is 2.53. The van der Waals surface area contributed by atoms with Crippen LogP contribution in [0.15, 0.2) is 29.8 Å². The van der Waals surface area contributed by atoms with Crippen molar-refractivity contribution in [3.8, 4) is 5.75 Å². The Morgan fingerprint density at radius 2 is 1.32 bits per heavy atom. The van der Waals surface area contributed by atoms with Crippen molar-refractivity contribution in [3.63, 3.8) is 0 Å². The predicted molar refractivity (Wildman–Crippen MR) is 128 cm³/mol. The van der Waals surface area contributed by atoms with Crippen molar-refractivity contribution in [1.29, 1.82) is 0 Å². The lowest BCUT2D eigenvalue weighted by molar-refractivity contribution is -0.288. The molecule has 5 atom stereocenters. The minimum Gasteiger partial charge on any atom is -0.463 e. The summed E-state index contributed by atoms with van der Waals surface area (Å²) in [6.45, 7) is 6.64. The Kier molecular flexibility index (Phi) is 10.7. The van der Waals surface area contributed by atoms with Crippen LogP contribution >= 0.6 is 0 Å². The second-order valence-electron chi connectivity index (χ2n) is 8.43. The Hall–Kier alpha value is -4.06. The van der Waals surface area contributed by atoms with Crippen molar-refractivity contribution in [3.05, 3.63) is 35.4 Å². The van der Waals surface area contributed by atoms with Gasteiger partial charge < -0.3 is 28.4 Å². The maximum Gasteiger partial charge on any atom is 0.303 e. The van der Waals surface area contributed by atoms with Gasteiger partial charge in [-0.3, -0.25) is 28.8 Å². The van der Waals surface area contributed by atoms with Gasteiger partial charge in [0.15, 0.2) is 23.8 Å². The first kappa shape index (κ1) is 30.2. The lowest BCUT2D eigenvalue weighted by Crippen LogP contribution is -2.63. The Morgan fingerprint density at radius 3 is 1.84 bits per heavy atom. The Labute approximate surface area is 219 Å². The van der Waals surface area contributed by atoms with Crippen molar-refractivity contribution in [2.75, 3.05) is 6.61 Å². The molecule has 1 fully saturated rings. The number of allylic oxidation sites excluding steroid dienone is 1. The molecule has 206 valence electrons. The van der Waals surface area contributed by atoms with Gasteiger partial charge in [0.2, 0.25) is 12.4 Å². The molecule has 12 heteroatoms. The van der Waals surface area contributed by atoms with Crippen molar-refractivity contribution < 1.29 is 57.2 Å². The van der Waals surface area contributed by atoms with Crippen LogP contribution in [0.25, 0.3) is 6.08 Å². The zero-order chi connectivity index (χ0) is 28.6. The average molecular weight is 535 g/mol. The summed E-state index contributed by atoms with van der Waals surface area (Å²) in [6, 6.07) is 6.25. The smallest absolute Gasteiger partial charge is 0.303 e. The second-order valence-corrected chi connectivity index (χ2v) is 8.43. The number of carbonyl (C=O) groups excluding carboxylic acids is 6. The van der Waals surface area contributed by atoms with Gasteiger partial charge in [0.25, 0.3) is 0 Å². The highest BCUT2D eigenvalue weighted by atomic mass is 16.7. The van der Waals surface area contributed by atoms with Crippen LogP contribution in [0, 0.1) is 0 Å². The highest BCUT2D eigenvalue weighted by Crippen LogP contribution is 2.31. The third-order valence-corrected chi connectivity index (χ3v) is 5.13. The lowest BCUT2D eigenvalue weighted by Gasteiger charge is -2.43. The van der Waals surface area contributed by atoms with Gasteiger partial charge in [0.05, 0.1) is 5.57 Å². The second kappa shape index (κ2) is 13.5. The maximum atomic E-state index is 11.9. The van der Waals surface area contributed by atoms with Crippen LogP contribution < -0.4 is 4.74 Å². The minimum atomic E-state index is -1.42. The molecule has 0 aliphatic carbocycles. The van der Waals surface area contributed by atoms with E-state index in [2.05, 4.69) is 0 Å². The van der Waals surface area contributed by atoms with Crippen molar-refractivity contribution in [2.45, 2.75) is 72.2 Å². The fourth-order valence-corrected chi connectivity index (χ4v) is 3.71. The van der Waals surface area contributed by atoms with E-state index in [1.807, 2.05) is 0 Å². The van der Waals surface area contributed by atoms with Crippen molar-refractivity contribution in [1.82, 2.24) is 0 Å². The molecular weight excluding hydrogens is 504 g/mol. The first-order valence-corrected chi connectivity index (χ1v) is 11.6. The van der Waals surface area contributed by atoms with Crippen LogP contribution in [0.3, 0.4) is 0 Å². The number of esters is 4. The Bertz CT molecular complexity index is 1100. The molecule has 1 saturated heterocycles. The van der Waals surface area contributed by atoms with E-state index >= 15 is 0 Å². The van der Waals surface area contributed by atoms with Crippen LogP contribution in [0.4, 0.5) is 0 Å². The predicted octanol–water partition coefficient (Wildman–Crippen LogP) is 1.71. The van der Waals surface area contributed by atoms with Crippen LogP contribution in [-0.2, 0) is 52.5 Å². The van der Waals surface area contributed by atoms with Gasteiger partial charge in [-0.15, -0.1) is 0 Å². The molecule has 1 aliphatic heterocycles. The molecule has 1 aromatic rings. The standard InChI is InChI=1S/C26H30O12/c1-13(27)21(14(2)28)11-19-8-7-9-20(10-19)37-26-25(36-18(6)32)24(35-17(5)31)23(34-16(4)30)22(38-26)12-33-15(3)29/h7-11,22-26H,12H2,1-6H3/t22-,23+,24+,25+,26-/m0/s1. The van der Waals surface area contributed by atoms with Gasteiger partial charge in [-0.25, -0.2) is 0 Å². The molecule has 1 aromatic carbocycles. The fraction of sp³-hybridized carbons (Fsp3) is 0.462. The molecule has 2 rings (SSSR count). The summed E-state index contributed by atoms with van der Waals surface area (Å²) in [4.78, 5) is 70.8. The molecular formula is C26H30O12. The maximum absolute atomic E-state index is 11.9. The Morgan fingerprint density at radius 1 is 0.763 bits per heavy atom. The van der Waals surface area contributed by atoms with E-state index in [9.17, 15) is 28.8 Å². The largest absolute Gasteiger partial charge is 0.463 e. The third-order valence-electron chi connectivity index (χ3n) is 5.13. The molecule has 0 radical (unpaired) electrons. The molecule has 0 bridgehead atoms. The number of rotatable bonds is 10. The summed E-state index contributed by atoms with van der Waals surface area (Å²) in [5.41, 5.74) is 0.433. The van der Waals surface area contributed by atoms with Crippen molar-refractivity contribution >= 4 is 41.5 Å². The number of hydrogen-bond acceptors (Lipinski definition) is 12. The van der Waals surface area contributed by atoms with Crippen LogP contribution in [-0.4, -0.2) is 72.8 Å². The third kappa shape index (κ3) is 8.80. The molecule has 0 aromatic heterocycles. The van der Waals surface area contributed by atoms with Gasteiger partial charge in [-0.2, -0.15) is 0 Å². The quantitative estimate of drug-likeness (QED) is 0.141. The number of carbonyl (C=O) groups is 6. The number of hydrogen-bond donors (Lipinski definition) is 0. The van der Waals surface area contributed by atoms with Crippen LogP contribution in [0.5, 0.6) is 5.75 Å². The summed E-state index contributed by atoms with van der Waals surface area (Å²) < 4.78 is 32.9. The van der Waals surface area contributed by atoms with Gasteiger partial charge in [0, 0.05) is 27.7 Å². The van der Waals surface area contributed by atoms with E-state index in [1.165, 1.54) is 32.1 Å². The normalized spacial score (nSPS) is 22.3. The zero-order valence-electron chi connectivity index (χ0n) is 21.9. The van der Waals surface area contributed by atoms with Gasteiger partial charge in [-0.05, 0) is 37.6 Å². The topological polar surface area (TPSA) is 158 Å². The van der Waals surface area contributed by atoms with E-state index < -0.39 is 72.8 Å². The first-order valence-electron chi connectivity index (χ1n) is 11.6. The Balaban J connectivity index is 2.51. The fourth-order valence-electron chi connectivity index (χ4n) is 3.71. The van der Waals surface area contributed by atoms with Crippen LogP contribution in [0.1, 0.15) is 47.1 Å². The molecule has 0 unspecified atom stereocenters. The summed E-state index contributed by atoms with van der Waals surface area (Å²) >= 11 is 0. The lowest BCUT2D eigenvalue weighted by atomic mass is 9.98. The summed E-state index contributed by atoms with van der Waals surface area (Å²) in [6.07, 6.45) is -5.31. The SMILES string of the molecule is CC(=O)OC[C@@H]1O[C@H](Oc2cccc(C=C(C(C)=O)C(C)=O)c2)[C@H](OC(C)=O)[C@H](OC(C)=O)[C@@H]1OC(C)=O. The molecule has 12 nitrogen and oxygen atoms in total. The zero-order valence-corrected chi connectivity index (χ0v) is 21.9. The number of Topliss-reactive ketones (excluding diaryl/α,β-unsaturated/α-hetero) is 2. The molecule has 0 amide bonds. The minimum absolute atomic E-state index is 0.0190. The highest BCUT2D eigenvalue weighted by molar-refractivity contribution is 6.21. The number of ketones is 2. The number of ether oxygens (including phenoxy) is 6. The molecule has 0 spiro atoms. The summed E-state index contributed by atoms with van der Waals surface area (Å²) in [5.74, 6) is -3.60.